The molecule has 28 heavy (non-hydrogen) atoms. The van der Waals surface area contributed by atoms with Crippen LogP contribution in [-0.2, 0) is 21.2 Å². The highest BCUT2D eigenvalue weighted by atomic mass is 79.9. The third-order valence-electron chi connectivity index (χ3n) is 4.04. The molecule has 1 heterocycles. The van der Waals surface area contributed by atoms with Gasteiger partial charge in [-0.2, -0.15) is 4.72 Å². The Bertz CT molecular complexity index is 1050. The molecule has 0 aliphatic carbocycles. The van der Waals surface area contributed by atoms with E-state index in [9.17, 15) is 13.2 Å². The number of rotatable bonds is 7. The zero-order chi connectivity index (χ0) is 20.1. The van der Waals surface area contributed by atoms with Crippen LogP contribution in [0.5, 0.6) is 0 Å². The number of hydrogen-bond donors (Lipinski definition) is 2. The molecule has 1 aromatic heterocycles. The Morgan fingerprint density at radius 1 is 1.11 bits per heavy atom. The second-order valence-electron chi connectivity index (χ2n) is 6.27. The normalized spacial score (nSPS) is 12.5. The minimum atomic E-state index is -3.79. The molecule has 2 aromatic carbocycles. The molecular weight excluding hydrogens is 460 g/mol. The predicted molar refractivity (Wildman–Crippen MR) is 116 cm³/mol. The second kappa shape index (κ2) is 9.00. The van der Waals surface area contributed by atoms with Crippen LogP contribution in [-0.4, -0.2) is 20.4 Å². The van der Waals surface area contributed by atoms with Gasteiger partial charge in [-0.25, -0.2) is 8.42 Å². The molecule has 0 unspecified atom stereocenters. The highest BCUT2D eigenvalue weighted by Gasteiger charge is 2.27. The standard InChI is InChI=1S/C20H19BrN2O3S2/c1-14-9-10-17(16(21)12-14)22-20(24)18(13-15-6-3-2-4-7-15)23-28(25,26)19-8-5-11-27-19/h2-12,18,23H,13H2,1H3,(H,22,24)/t18-/m0/s1. The van der Waals surface area contributed by atoms with Crippen molar-refractivity contribution in [1.29, 1.82) is 0 Å². The number of amides is 1. The topological polar surface area (TPSA) is 75.3 Å². The summed E-state index contributed by atoms with van der Waals surface area (Å²) in [5.74, 6) is -0.423. The molecule has 0 radical (unpaired) electrons. The van der Waals surface area contributed by atoms with Crippen LogP contribution < -0.4 is 10.0 Å². The van der Waals surface area contributed by atoms with Crippen molar-refractivity contribution in [1.82, 2.24) is 4.72 Å². The molecular formula is C20H19BrN2O3S2. The zero-order valence-corrected chi connectivity index (χ0v) is 18.3. The Kier molecular flexibility index (Phi) is 6.66. The van der Waals surface area contributed by atoms with E-state index in [1.807, 2.05) is 49.4 Å². The number of carbonyl (C=O) groups excluding carboxylic acids is 1. The van der Waals surface area contributed by atoms with Gasteiger partial charge < -0.3 is 5.32 Å². The number of halogens is 1. The molecule has 0 spiro atoms. The van der Waals surface area contributed by atoms with Gasteiger partial charge in [-0.05, 0) is 64.0 Å². The lowest BCUT2D eigenvalue weighted by molar-refractivity contribution is -0.117. The minimum absolute atomic E-state index is 0.176. The van der Waals surface area contributed by atoms with Crippen LogP contribution in [0.4, 0.5) is 5.69 Å². The maximum absolute atomic E-state index is 12.9. The summed E-state index contributed by atoms with van der Waals surface area (Å²) in [5, 5.41) is 4.50. The van der Waals surface area contributed by atoms with Gasteiger partial charge in [0.1, 0.15) is 10.3 Å². The van der Waals surface area contributed by atoms with Crippen molar-refractivity contribution in [3.8, 4) is 0 Å². The number of nitrogens with one attached hydrogen (secondary N) is 2. The summed E-state index contributed by atoms with van der Waals surface area (Å²) in [4.78, 5) is 12.9. The van der Waals surface area contributed by atoms with Gasteiger partial charge in [0.2, 0.25) is 5.91 Å². The largest absolute Gasteiger partial charge is 0.324 e. The number of hydrogen-bond acceptors (Lipinski definition) is 4. The van der Waals surface area contributed by atoms with E-state index >= 15 is 0 Å². The fraction of sp³-hybridized carbons (Fsp3) is 0.150. The average Bonchev–Trinajstić information content (AvgIpc) is 3.20. The molecule has 0 saturated heterocycles. The molecule has 5 nitrogen and oxygen atoms in total. The number of carbonyl (C=O) groups is 1. The van der Waals surface area contributed by atoms with E-state index in [4.69, 9.17) is 0 Å². The van der Waals surface area contributed by atoms with Crippen molar-refractivity contribution in [3.05, 3.63) is 81.6 Å². The molecule has 1 atom stereocenters. The molecule has 0 saturated carbocycles. The lowest BCUT2D eigenvalue weighted by atomic mass is 10.1. The fourth-order valence-corrected chi connectivity index (χ4v) is 5.44. The van der Waals surface area contributed by atoms with Gasteiger partial charge in [0, 0.05) is 4.47 Å². The molecule has 1 amide bonds. The summed E-state index contributed by atoms with van der Waals surface area (Å²) in [6.45, 7) is 1.95. The van der Waals surface area contributed by atoms with Crippen LogP contribution in [0.25, 0.3) is 0 Å². The lowest BCUT2D eigenvalue weighted by Gasteiger charge is -2.19. The van der Waals surface area contributed by atoms with Gasteiger partial charge in [-0.1, -0.05) is 42.5 Å². The SMILES string of the molecule is Cc1ccc(NC(=O)[C@H](Cc2ccccc2)NS(=O)(=O)c2cccs2)c(Br)c1. The van der Waals surface area contributed by atoms with Gasteiger partial charge >= 0.3 is 0 Å². The van der Waals surface area contributed by atoms with Crippen LogP contribution in [0.1, 0.15) is 11.1 Å². The first-order valence-corrected chi connectivity index (χ1v) is 11.7. The van der Waals surface area contributed by atoms with Crippen LogP contribution >= 0.6 is 27.3 Å². The maximum atomic E-state index is 12.9. The van der Waals surface area contributed by atoms with E-state index in [0.717, 1.165) is 26.9 Å². The van der Waals surface area contributed by atoms with Crippen molar-refractivity contribution in [2.75, 3.05) is 5.32 Å². The maximum Gasteiger partial charge on any atom is 0.250 e. The predicted octanol–water partition coefficient (Wildman–Crippen LogP) is 4.35. The molecule has 146 valence electrons. The minimum Gasteiger partial charge on any atom is -0.324 e. The van der Waals surface area contributed by atoms with Crippen LogP contribution in [0, 0.1) is 6.92 Å². The smallest absolute Gasteiger partial charge is 0.250 e. The first-order chi connectivity index (χ1) is 13.3. The second-order valence-corrected chi connectivity index (χ2v) is 10.0. The van der Waals surface area contributed by atoms with Crippen molar-refractivity contribution < 1.29 is 13.2 Å². The van der Waals surface area contributed by atoms with E-state index in [1.165, 1.54) is 6.07 Å². The van der Waals surface area contributed by atoms with Crippen LogP contribution in [0.15, 0.2) is 74.7 Å². The van der Waals surface area contributed by atoms with Crippen molar-refractivity contribution >= 4 is 48.9 Å². The van der Waals surface area contributed by atoms with E-state index in [-0.39, 0.29) is 10.6 Å². The highest BCUT2D eigenvalue weighted by molar-refractivity contribution is 9.10. The van der Waals surface area contributed by atoms with Gasteiger partial charge in [0.15, 0.2) is 0 Å². The summed E-state index contributed by atoms with van der Waals surface area (Å²) < 4.78 is 28.8. The lowest BCUT2D eigenvalue weighted by Crippen LogP contribution is -2.45. The Morgan fingerprint density at radius 2 is 1.86 bits per heavy atom. The Morgan fingerprint density at radius 3 is 2.50 bits per heavy atom. The Balaban J connectivity index is 1.85. The van der Waals surface area contributed by atoms with Crippen molar-refractivity contribution in [3.63, 3.8) is 0 Å². The first kappa shape index (κ1) is 20.7. The number of sulfonamides is 1. The molecule has 0 aliphatic rings. The van der Waals surface area contributed by atoms with E-state index in [2.05, 4.69) is 26.0 Å². The number of anilines is 1. The summed E-state index contributed by atoms with van der Waals surface area (Å²) in [7, 11) is -3.79. The summed E-state index contributed by atoms with van der Waals surface area (Å²) in [6.07, 6.45) is 0.237. The van der Waals surface area contributed by atoms with Crippen molar-refractivity contribution in [2.24, 2.45) is 0 Å². The summed E-state index contributed by atoms with van der Waals surface area (Å²) >= 11 is 4.54. The fourth-order valence-electron chi connectivity index (χ4n) is 2.64. The molecule has 3 aromatic rings. The van der Waals surface area contributed by atoms with Gasteiger partial charge in [0.05, 0.1) is 5.69 Å². The van der Waals surface area contributed by atoms with Crippen molar-refractivity contribution in [2.45, 2.75) is 23.6 Å². The van der Waals surface area contributed by atoms with Gasteiger partial charge in [-0.15, -0.1) is 11.3 Å². The van der Waals surface area contributed by atoms with E-state index < -0.39 is 22.0 Å². The third-order valence-corrected chi connectivity index (χ3v) is 7.56. The molecule has 3 rings (SSSR count). The van der Waals surface area contributed by atoms with Gasteiger partial charge in [-0.3, -0.25) is 4.79 Å². The molecule has 8 heteroatoms. The van der Waals surface area contributed by atoms with E-state index in [1.54, 1.807) is 17.5 Å². The Labute approximate surface area is 177 Å². The zero-order valence-electron chi connectivity index (χ0n) is 15.1. The highest BCUT2D eigenvalue weighted by Crippen LogP contribution is 2.24. The first-order valence-electron chi connectivity index (χ1n) is 8.52. The Hall–Kier alpha value is -2.00. The number of aryl methyl sites for hydroxylation is 1. The summed E-state index contributed by atoms with van der Waals surface area (Å²) in [6, 6.07) is 17.1. The number of benzene rings is 2. The van der Waals surface area contributed by atoms with Crippen LogP contribution in [0.3, 0.4) is 0 Å². The molecule has 0 bridgehead atoms. The molecule has 0 fully saturated rings. The van der Waals surface area contributed by atoms with E-state index in [0.29, 0.717) is 5.69 Å². The quantitative estimate of drug-likeness (QED) is 0.529. The van der Waals surface area contributed by atoms with Crippen LogP contribution in [0.2, 0.25) is 0 Å². The molecule has 2 N–H and O–H groups in total. The average molecular weight is 479 g/mol. The summed E-state index contributed by atoms with van der Waals surface area (Å²) in [5.41, 5.74) is 2.49. The third kappa shape index (κ3) is 5.29. The molecule has 0 aliphatic heterocycles. The van der Waals surface area contributed by atoms with Gasteiger partial charge in [0.25, 0.3) is 10.0 Å². The monoisotopic (exact) mass is 478 g/mol. The number of thiophene rings is 1.